The Morgan fingerprint density at radius 1 is 0.396 bits per heavy atom. The highest BCUT2D eigenvalue weighted by molar-refractivity contribution is 5.71. The smallest absolute Gasteiger partial charge is 0.306 e. The molecule has 1 unspecified atom stereocenters. The van der Waals surface area contributed by atoms with Gasteiger partial charge in [0.2, 0.25) is 0 Å². The van der Waals surface area contributed by atoms with Gasteiger partial charge in [-0.15, -0.1) is 0 Å². The van der Waals surface area contributed by atoms with E-state index in [1.165, 1.54) is 89.9 Å². The van der Waals surface area contributed by atoms with Crippen LogP contribution in [0.15, 0.2) is 48.6 Å². The van der Waals surface area contributed by atoms with E-state index in [1.54, 1.807) is 0 Å². The van der Waals surface area contributed by atoms with Gasteiger partial charge in [-0.05, 0) is 70.6 Å². The fraction of sp³-hybridized carbons (Fsp3) is 0.766. The predicted octanol–water partition coefficient (Wildman–Crippen LogP) is 14.0. The molecule has 306 valence electrons. The van der Waals surface area contributed by atoms with Crippen molar-refractivity contribution in [2.24, 2.45) is 0 Å². The summed E-state index contributed by atoms with van der Waals surface area (Å²) in [5, 5.41) is 0. The van der Waals surface area contributed by atoms with Crippen LogP contribution in [0.5, 0.6) is 0 Å². The Morgan fingerprint density at radius 2 is 0.736 bits per heavy atom. The fourth-order valence-corrected chi connectivity index (χ4v) is 6.05. The molecule has 1 atom stereocenters. The van der Waals surface area contributed by atoms with Crippen LogP contribution in [-0.2, 0) is 28.6 Å². The van der Waals surface area contributed by atoms with Crippen LogP contribution < -0.4 is 0 Å². The topological polar surface area (TPSA) is 78.9 Å². The zero-order chi connectivity index (χ0) is 38.7. The molecular formula is C47H82O6. The Balaban J connectivity index is 4.30. The Kier molecular flexibility index (Phi) is 40.0. The molecule has 0 saturated carbocycles. The highest BCUT2D eigenvalue weighted by Crippen LogP contribution is 2.15. The van der Waals surface area contributed by atoms with Crippen LogP contribution in [0, 0.1) is 0 Å². The molecule has 0 radical (unpaired) electrons. The van der Waals surface area contributed by atoms with Crippen molar-refractivity contribution in [1.82, 2.24) is 0 Å². The molecule has 0 heterocycles. The maximum absolute atomic E-state index is 12.6. The van der Waals surface area contributed by atoms with Gasteiger partial charge in [0.05, 0.1) is 0 Å². The standard InChI is InChI=1S/C47H82O6/c1-4-7-10-13-16-19-20-21-22-23-24-25-26-29-31-34-37-40-46(49)52-43-44(53-47(50)41-38-35-32-28-18-15-12-9-6-3)42-51-45(48)39-36-33-30-27-17-14-11-8-5-2/h8-9,11-12,17-18,27-28,44H,4-7,10,13-16,19-26,29-43H2,1-3H3/b11-8-,12-9-,27-17-,28-18-. The molecule has 0 amide bonds. The summed E-state index contributed by atoms with van der Waals surface area (Å²) in [6, 6.07) is 0. The van der Waals surface area contributed by atoms with E-state index in [1.807, 2.05) is 0 Å². The van der Waals surface area contributed by atoms with Crippen LogP contribution in [0.2, 0.25) is 0 Å². The molecule has 0 bridgehead atoms. The van der Waals surface area contributed by atoms with E-state index in [0.717, 1.165) is 77.0 Å². The third-order valence-corrected chi connectivity index (χ3v) is 9.33. The van der Waals surface area contributed by atoms with E-state index < -0.39 is 6.10 Å². The summed E-state index contributed by atoms with van der Waals surface area (Å²) in [7, 11) is 0. The van der Waals surface area contributed by atoms with Crippen LogP contribution in [0.1, 0.15) is 213 Å². The summed E-state index contributed by atoms with van der Waals surface area (Å²) in [6.07, 6.45) is 48.4. The largest absolute Gasteiger partial charge is 0.462 e. The van der Waals surface area contributed by atoms with E-state index in [2.05, 4.69) is 69.4 Å². The molecule has 0 fully saturated rings. The molecule has 6 heteroatoms. The lowest BCUT2D eigenvalue weighted by Gasteiger charge is -2.18. The minimum Gasteiger partial charge on any atom is -0.462 e. The molecule has 0 spiro atoms. The number of carbonyl (C=O) groups is 3. The van der Waals surface area contributed by atoms with Crippen LogP contribution in [0.4, 0.5) is 0 Å². The lowest BCUT2D eigenvalue weighted by molar-refractivity contribution is -0.167. The number of hydrogen-bond acceptors (Lipinski definition) is 6. The van der Waals surface area contributed by atoms with Gasteiger partial charge < -0.3 is 14.2 Å². The molecule has 0 aliphatic carbocycles. The summed E-state index contributed by atoms with van der Waals surface area (Å²) < 4.78 is 16.6. The van der Waals surface area contributed by atoms with Gasteiger partial charge in [0.1, 0.15) is 13.2 Å². The molecule has 0 saturated heterocycles. The second-order valence-electron chi connectivity index (χ2n) is 14.5. The van der Waals surface area contributed by atoms with Gasteiger partial charge in [0.25, 0.3) is 0 Å². The van der Waals surface area contributed by atoms with Crippen molar-refractivity contribution < 1.29 is 28.6 Å². The van der Waals surface area contributed by atoms with E-state index in [4.69, 9.17) is 14.2 Å². The number of allylic oxidation sites excluding steroid dienone is 8. The summed E-state index contributed by atoms with van der Waals surface area (Å²) in [5.74, 6) is -0.973. The molecule has 0 aromatic carbocycles. The zero-order valence-corrected chi connectivity index (χ0v) is 34.8. The molecule has 53 heavy (non-hydrogen) atoms. The lowest BCUT2D eigenvalue weighted by atomic mass is 10.0. The van der Waals surface area contributed by atoms with Crippen LogP contribution in [-0.4, -0.2) is 37.2 Å². The second-order valence-corrected chi connectivity index (χ2v) is 14.5. The number of hydrogen-bond donors (Lipinski definition) is 0. The summed E-state index contributed by atoms with van der Waals surface area (Å²) >= 11 is 0. The fourth-order valence-electron chi connectivity index (χ4n) is 6.05. The van der Waals surface area contributed by atoms with E-state index in [9.17, 15) is 14.4 Å². The van der Waals surface area contributed by atoms with Gasteiger partial charge in [0, 0.05) is 19.3 Å². The Labute approximate surface area is 327 Å². The first-order valence-corrected chi connectivity index (χ1v) is 22.1. The predicted molar refractivity (Wildman–Crippen MR) is 224 cm³/mol. The van der Waals surface area contributed by atoms with E-state index in [0.29, 0.717) is 19.3 Å². The second kappa shape index (κ2) is 42.1. The van der Waals surface area contributed by atoms with Crippen molar-refractivity contribution in [3.63, 3.8) is 0 Å². The van der Waals surface area contributed by atoms with Crippen molar-refractivity contribution >= 4 is 17.9 Å². The number of ether oxygens (including phenoxy) is 3. The summed E-state index contributed by atoms with van der Waals surface area (Å²) in [4.78, 5) is 37.5. The normalized spacial score (nSPS) is 12.4. The third kappa shape index (κ3) is 40.4. The highest BCUT2D eigenvalue weighted by atomic mass is 16.6. The van der Waals surface area contributed by atoms with Gasteiger partial charge in [-0.3, -0.25) is 14.4 Å². The van der Waals surface area contributed by atoms with Gasteiger partial charge in [-0.1, -0.05) is 172 Å². The number of esters is 3. The summed E-state index contributed by atoms with van der Waals surface area (Å²) in [6.45, 7) is 6.32. The molecule has 0 aliphatic rings. The van der Waals surface area contributed by atoms with Crippen molar-refractivity contribution in [2.75, 3.05) is 13.2 Å². The van der Waals surface area contributed by atoms with Crippen molar-refractivity contribution in [2.45, 2.75) is 219 Å². The minimum atomic E-state index is -0.796. The number of unbranched alkanes of at least 4 members (excludes halogenated alkanes) is 20. The van der Waals surface area contributed by atoms with Crippen LogP contribution in [0.3, 0.4) is 0 Å². The van der Waals surface area contributed by atoms with Crippen molar-refractivity contribution in [1.29, 1.82) is 0 Å². The maximum Gasteiger partial charge on any atom is 0.306 e. The highest BCUT2D eigenvalue weighted by Gasteiger charge is 2.19. The van der Waals surface area contributed by atoms with Crippen molar-refractivity contribution in [3.05, 3.63) is 48.6 Å². The first-order chi connectivity index (χ1) is 26.0. The van der Waals surface area contributed by atoms with E-state index in [-0.39, 0.29) is 37.5 Å². The zero-order valence-electron chi connectivity index (χ0n) is 34.8. The molecule has 0 aromatic heterocycles. The first kappa shape index (κ1) is 50.4. The van der Waals surface area contributed by atoms with Gasteiger partial charge in [-0.25, -0.2) is 0 Å². The molecule has 0 rings (SSSR count). The molecule has 0 N–H and O–H groups in total. The Morgan fingerprint density at radius 3 is 1.13 bits per heavy atom. The lowest BCUT2D eigenvalue weighted by Crippen LogP contribution is -2.30. The third-order valence-electron chi connectivity index (χ3n) is 9.33. The molecular weight excluding hydrogens is 661 g/mol. The summed E-state index contributed by atoms with van der Waals surface area (Å²) in [5.41, 5.74) is 0. The van der Waals surface area contributed by atoms with E-state index >= 15 is 0 Å². The number of carbonyl (C=O) groups excluding carboxylic acids is 3. The average molecular weight is 743 g/mol. The number of rotatable bonds is 39. The Bertz CT molecular complexity index is 949. The molecule has 0 aromatic rings. The quantitative estimate of drug-likeness (QED) is 0.0270. The van der Waals surface area contributed by atoms with Gasteiger partial charge in [0.15, 0.2) is 6.10 Å². The monoisotopic (exact) mass is 743 g/mol. The van der Waals surface area contributed by atoms with Crippen molar-refractivity contribution in [3.8, 4) is 0 Å². The van der Waals surface area contributed by atoms with Crippen LogP contribution in [0.25, 0.3) is 0 Å². The maximum atomic E-state index is 12.6. The first-order valence-electron chi connectivity index (χ1n) is 22.1. The Hall–Kier alpha value is -2.63. The minimum absolute atomic E-state index is 0.0951. The van der Waals surface area contributed by atoms with Gasteiger partial charge in [-0.2, -0.15) is 0 Å². The molecule has 0 aliphatic heterocycles. The molecule has 6 nitrogen and oxygen atoms in total. The SMILES string of the molecule is CC/C=C\C/C=C\CCCCC(=O)OCC(COC(=O)CCCCCCCCCCCCCCCCCCC)OC(=O)CCCC/C=C\C/C=C\CC. The average Bonchev–Trinajstić information content (AvgIpc) is 3.15. The van der Waals surface area contributed by atoms with Gasteiger partial charge >= 0.3 is 17.9 Å². The van der Waals surface area contributed by atoms with Crippen LogP contribution >= 0.6 is 0 Å².